The van der Waals surface area contributed by atoms with Crippen LogP contribution in [0.25, 0.3) is 0 Å². The van der Waals surface area contributed by atoms with E-state index in [4.69, 9.17) is 23.2 Å². The summed E-state index contributed by atoms with van der Waals surface area (Å²) in [6.07, 6.45) is 8.37. The number of hydrogen-bond donors (Lipinski definition) is 2. The summed E-state index contributed by atoms with van der Waals surface area (Å²) in [7, 11) is 0. The van der Waals surface area contributed by atoms with E-state index in [1.54, 1.807) is 18.2 Å². The first kappa shape index (κ1) is 16.3. The number of anilines is 1. The molecule has 0 saturated heterocycles. The van der Waals surface area contributed by atoms with Gasteiger partial charge in [0.25, 0.3) is 0 Å². The SMILES string of the molecule is O=C(CNCCC1=CCCCC1)Nc1ccc(Cl)c(Cl)c1. The molecule has 0 spiro atoms. The zero-order valence-corrected chi connectivity index (χ0v) is 13.4. The number of hydrogen-bond acceptors (Lipinski definition) is 2. The first-order chi connectivity index (χ1) is 10.1. The van der Waals surface area contributed by atoms with Crippen LogP contribution in [0.3, 0.4) is 0 Å². The third-order valence-electron chi connectivity index (χ3n) is 3.50. The second-order valence-electron chi connectivity index (χ2n) is 5.21. The van der Waals surface area contributed by atoms with Gasteiger partial charge in [-0.3, -0.25) is 4.79 Å². The van der Waals surface area contributed by atoms with E-state index in [2.05, 4.69) is 16.7 Å². The fourth-order valence-corrected chi connectivity index (χ4v) is 2.66. The van der Waals surface area contributed by atoms with Gasteiger partial charge in [-0.1, -0.05) is 34.9 Å². The Morgan fingerprint density at radius 1 is 1.19 bits per heavy atom. The number of benzene rings is 1. The predicted molar refractivity (Wildman–Crippen MR) is 89.1 cm³/mol. The Bertz CT molecular complexity index is 529. The van der Waals surface area contributed by atoms with Crippen molar-refractivity contribution in [2.75, 3.05) is 18.4 Å². The average molecular weight is 327 g/mol. The maximum atomic E-state index is 11.8. The molecular formula is C16H20Cl2N2O. The molecule has 2 rings (SSSR count). The van der Waals surface area contributed by atoms with Crippen molar-refractivity contribution in [3.8, 4) is 0 Å². The van der Waals surface area contributed by atoms with Gasteiger partial charge >= 0.3 is 0 Å². The first-order valence-electron chi connectivity index (χ1n) is 7.28. The van der Waals surface area contributed by atoms with Crippen LogP contribution in [-0.4, -0.2) is 19.0 Å². The Morgan fingerprint density at radius 2 is 2.05 bits per heavy atom. The zero-order chi connectivity index (χ0) is 15.1. The summed E-state index contributed by atoms with van der Waals surface area (Å²) < 4.78 is 0. The van der Waals surface area contributed by atoms with E-state index in [0.717, 1.165) is 13.0 Å². The van der Waals surface area contributed by atoms with Gasteiger partial charge in [-0.25, -0.2) is 0 Å². The molecule has 21 heavy (non-hydrogen) atoms. The van der Waals surface area contributed by atoms with Gasteiger partial charge in [0.15, 0.2) is 0 Å². The van der Waals surface area contributed by atoms with Crippen molar-refractivity contribution in [2.24, 2.45) is 0 Å². The lowest BCUT2D eigenvalue weighted by molar-refractivity contribution is -0.115. The summed E-state index contributed by atoms with van der Waals surface area (Å²) >= 11 is 11.7. The van der Waals surface area contributed by atoms with E-state index in [0.29, 0.717) is 22.3 Å². The Balaban J connectivity index is 1.67. The van der Waals surface area contributed by atoms with Gasteiger partial charge in [0, 0.05) is 5.69 Å². The highest BCUT2D eigenvalue weighted by Gasteiger charge is 2.06. The Labute approximate surface area is 135 Å². The van der Waals surface area contributed by atoms with E-state index in [9.17, 15) is 4.79 Å². The molecule has 0 radical (unpaired) electrons. The highest BCUT2D eigenvalue weighted by Crippen LogP contribution is 2.24. The fraction of sp³-hybridized carbons (Fsp3) is 0.438. The van der Waals surface area contributed by atoms with Crippen molar-refractivity contribution in [2.45, 2.75) is 32.1 Å². The lowest BCUT2D eigenvalue weighted by atomic mass is 9.97. The minimum absolute atomic E-state index is 0.0778. The maximum Gasteiger partial charge on any atom is 0.238 e. The topological polar surface area (TPSA) is 41.1 Å². The Hall–Kier alpha value is -1.03. The van der Waals surface area contributed by atoms with Crippen LogP contribution in [0.15, 0.2) is 29.8 Å². The molecule has 1 aliphatic rings. The predicted octanol–water partition coefficient (Wildman–Crippen LogP) is 4.41. The van der Waals surface area contributed by atoms with Gasteiger partial charge in [0.2, 0.25) is 5.91 Å². The largest absolute Gasteiger partial charge is 0.325 e. The van der Waals surface area contributed by atoms with E-state index in [-0.39, 0.29) is 5.91 Å². The van der Waals surface area contributed by atoms with Gasteiger partial charge < -0.3 is 10.6 Å². The maximum absolute atomic E-state index is 11.8. The smallest absolute Gasteiger partial charge is 0.238 e. The molecule has 5 heteroatoms. The summed E-state index contributed by atoms with van der Waals surface area (Å²) in [4.78, 5) is 11.8. The van der Waals surface area contributed by atoms with Crippen LogP contribution < -0.4 is 10.6 Å². The average Bonchev–Trinajstić information content (AvgIpc) is 2.49. The molecule has 0 fully saturated rings. The molecule has 0 heterocycles. The van der Waals surface area contributed by atoms with Gasteiger partial charge in [-0.15, -0.1) is 0 Å². The number of carbonyl (C=O) groups excluding carboxylic acids is 1. The molecule has 1 aromatic carbocycles. The number of amides is 1. The molecule has 0 unspecified atom stereocenters. The summed E-state index contributed by atoms with van der Waals surface area (Å²) in [5, 5.41) is 6.87. The zero-order valence-electron chi connectivity index (χ0n) is 11.9. The lowest BCUT2D eigenvalue weighted by Gasteiger charge is -2.13. The van der Waals surface area contributed by atoms with Crippen LogP contribution in [0.5, 0.6) is 0 Å². The van der Waals surface area contributed by atoms with Crippen molar-refractivity contribution in [3.63, 3.8) is 0 Å². The molecule has 1 amide bonds. The molecule has 0 bridgehead atoms. The third kappa shape index (κ3) is 5.70. The molecule has 1 aromatic rings. The monoisotopic (exact) mass is 326 g/mol. The van der Waals surface area contributed by atoms with Crippen LogP contribution in [0, 0.1) is 0 Å². The molecule has 0 aliphatic heterocycles. The summed E-state index contributed by atoms with van der Waals surface area (Å²) in [5.74, 6) is -0.0778. The number of rotatable bonds is 6. The summed E-state index contributed by atoms with van der Waals surface area (Å²) in [5.41, 5.74) is 2.17. The second kappa shape index (κ2) is 8.42. The van der Waals surface area contributed by atoms with Crippen molar-refractivity contribution in [1.82, 2.24) is 5.32 Å². The van der Waals surface area contributed by atoms with E-state index in [1.165, 1.54) is 31.3 Å². The third-order valence-corrected chi connectivity index (χ3v) is 4.24. The van der Waals surface area contributed by atoms with Crippen LogP contribution in [-0.2, 0) is 4.79 Å². The van der Waals surface area contributed by atoms with Crippen LogP contribution in [0.2, 0.25) is 10.0 Å². The minimum Gasteiger partial charge on any atom is -0.325 e. The highest BCUT2D eigenvalue weighted by molar-refractivity contribution is 6.42. The molecule has 3 nitrogen and oxygen atoms in total. The molecule has 1 aliphatic carbocycles. The summed E-state index contributed by atoms with van der Waals surface area (Å²) in [6, 6.07) is 5.05. The number of halogens is 2. The highest BCUT2D eigenvalue weighted by atomic mass is 35.5. The summed E-state index contributed by atoms with van der Waals surface area (Å²) in [6.45, 7) is 1.13. The molecule has 0 saturated carbocycles. The van der Waals surface area contributed by atoms with Crippen molar-refractivity contribution in [1.29, 1.82) is 0 Å². The van der Waals surface area contributed by atoms with Gasteiger partial charge in [-0.2, -0.15) is 0 Å². The van der Waals surface area contributed by atoms with Crippen molar-refractivity contribution in [3.05, 3.63) is 39.9 Å². The molecule has 114 valence electrons. The van der Waals surface area contributed by atoms with Gasteiger partial charge in [0.05, 0.1) is 16.6 Å². The quantitative estimate of drug-likeness (QED) is 0.600. The van der Waals surface area contributed by atoms with E-state index in [1.807, 2.05) is 0 Å². The van der Waals surface area contributed by atoms with E-state index < -0.39 is 0 Å². The standard InChI is InChI=1S/C16H20Cl2N2O/c17-14-7-6-13(10-15(14)18)20-16(21)11-19-9-8-12-4-2-1-3-5-12/h4,6-7,10,19H,1-3,5,8-9,11H2,(H,20,21). The second-order valence-corrected chi connectivity index (χ2v) is 6.03. The van der Waals surface area contributed by atoms with Crippen LogP contribution >= 0.6 is 23.2 Å². The van der Waals surface area contributed by atoms with Gasteiger partial charge in [-0.05, 0) is 56.8 Å². The van der Waals surface area contributed by atoms with Crippen molar-refractivity contribution >= 4 is 34.8 Å². The number of nitrogens with one attached hydrogen (secondary N) is 2. The Kier molecular flexibility index (Phi) is 6.55. The van der Waals surface area contributed by atoms with E-state index >= 15 is 0 Å². The molecular weight excluding hydrogens is 307 g/mol. The normalized spacial score (nSPS) is 14.7. The molecule has 2 N–H and O–H groups in total. The molecule has 0 atom stereocenters. The minimum atomic E-state index is -0.0778. The Morgan fingerprint density at radius 3 is 2.76 bits per heavy atom. The van der Waals surface area contributed by atoms with Crippen molar-refractivity contribution < 1.29 is 4.79 Å². The fourth-order valence-electron chi connectivity index (χ4n) is 2.36. The first-order valence-corrected chi connectivity index (χ1v) is 8.04. The van der Waals surface area contributed by atoms with Gasteiger partial charge in [0.1, 0.15) is 0 Å². The van der Waals surface area contributed by atoms with Crippen LogP contribution in [0.4, 0.5) is 5.69 Å². The lowest BCUT2D eigenvalue weighted by Crippen LogP contribution is -2.29. The number of allylic oxidation sites excluding steroid dienone is 1. The number of carbonyl (C=O) groups is 1. The molecule has 0 aromatic heterocycles. The van der Waals surface area contributed by atoms with Crippen LogP contribution in [0.1, 0.15) is 32.1 Å².